The van der Waals surface area contributed by atoms with Crippen LogP contribution >= 0.6 is 0 Å². The number of hydrogen-bond donors (Lipinski definition) is 0. The van der Waals surface area contributed by atoms with Gasteiger partial charge in [0.25, 0.3) is 0 Å². The summed E-state index contributed by atoms with van der Waals surface area (Å²) in [7, 11) is 0. The summed E-state index contributed by atoms with van der Waals surface area (Å²) in [4.78, 5) is 0. The van der Waals surface area contributed by atoms with E-state index in [1.54, 1.807) is 0 Å². The zero-order valence-corrected chi connectivity index (χ0v) is 15.8. The molecule has 0 N–H and O–H groups in total. The number of hydrogen-bond acceptors (Lipinski definition) is 0. The van der Waals surface area contributed by atoms with Gasteiger partial charge in [0.05, 0.1) is 0 Å². The molecule has 3 aliphatic rings. The lowest BCUT2D eigenvalue weighted by Crippen LogP contribution is -2.55. The van der Waals surface area contributed by atoms with E-state index >= 15 is 0 Å². The molecule has 0 heterocycles. The topological polar surface area (TPSA) is 0 Å². The minimum Gasteiger partial charge on any atom is -0.0996 e. The van der Waals surface area contributed by atoms with Crippen LogP contribution in [0.3, 0.4) is 0 Å². The molecule has 0 heteroatoms. The normalized spacial score (nSPS) is 51.8. The van der Waals surface area contributed by atoms with Crippen LogP contribution in [0.15, 0.2) is 12.2 Å². The van der Waals surface area contributed by atoms with Crippen LogP contribution in [0.4, 0.5) is 0 Å². The van der Waals surface area contributed by atoms with Crippen LogP contribution < -0.4 is 0 Å². The molecule has 0 aromatic carbocycles. The molecule has 0 nitrogen and oxygen atoms in total. The quantitative estimate of drug-likeness (QED) is 0.489. The fourth-order valence-electron chi connectivity index (χ4n) is 7.27. The van der Waals surface area contributed by atoms with Crippen molar-refractivity contribution in [1.82, 2.24) is 0 Å². The summed E-state index contributed by atoms with van der Waals surface area (Å²) in [6.07, 6.45) is 11.7. The lowest BCUT2D eigenvalue weighted by molar-refractivity contribution is -0.129. The van der Waals surface area contributed by atoms with Crippen LogP contribution in [-0.2, 0) is 0 Å². The predicted octanol–water partition coefficient (Wildman–Crippen LogP) is 6.86. The molecule has 3 aliphatic carbocycles. The van der Waals surface area contributed by atoms with Crippen LogP contribution in [0.5, 0.6) is 0 Å². The summed E-state index contributed by atoms with van der Waals surface area (Å²) in [5.74, 6) is 4.73. The monoisotopic (exact) mass is 302 g/mol. The van der Waals surface area contributed by atoms with Gasteiger partial charge in [-0.3, -0.25) is 0 Å². The van der Waals surface area contributed by atoms with E-state index in [0.29, 0.717) is 10.8 Å². The lowest BCUT2D eigenvalue weighted by Gasteiger charge is -2.63. The predicted molar refractivity (Wildman–Crippen MR) is 96.8 cm³/mol. The first-order valence-corrected chi connectivity index (χ1v) is 10.0. The molecule has 0 saturated heterocycles. The van der Waals surface area contributed by atoms with Crippen LogP contribution in [0.25, 0.3) is 0 Å². The summed E-state index contributed by atoms with van der Waals surface area (Å²) in [5, 5.41) is 0. The Morgan fingerprint density at radius 1 is 1.14 bits per heavy atom. The molecule has 0 bridgehead atoms. The van der Waals surface area contributed by atoms with Crippen molar-refractivity contribution in [2.45, 2.75) is 86.0 Å². The van der Waals surface area contributed by atoms with Crippen LogP contribution in [0.1, 0.15) is 86.0 Å². The molecule has 0 aliphatic heterocycles. The highest BCUT2D eigenvalue weighted by Crippen LogP contribution is 2.65. The third-order valence-electron chi connectivity index (χ3n) is 8.75. The molecule has 0 radical (unpaired) electrons. The van der Waals surface area contributed by atoms with Gasteiger partial charge in [0.1, 0.15) is 0 Å². The van der Waals surface area contributed by atoms with Gasteiger partial charge in [0.2, 0.25) is 0 Å². The van der Waals surface area contributed by atoms with Gasteiger partial charge in [-0.15, -0.1) is 0 Å². The molecule has 0 amide bonds. The number of rotatable bonds is 2. The Morgan fingerprint density at radius 3 is 2.50 bits per heavy atom. The number of fused-ring (bicyclic) bond motifs is 3. The van der Waals surface area contributed by atoms with E-state index in [9.17, 15) is 0 Å². The largest absolute Gasteiger partial charge is 0.0996 e. The third-order valence-corrected chi connectivity index (χ3v) is 8.75. The molecular weight excluding hydrogens is 264 g/mol. The molecule has 4 unspecified atom stereocenters. The van der Waals surface area contributed by atoms with Crippen molar-refractivity contribution in [3.63, 3.8) is 0 Å². The van der Waals surface area contributed by atoms with E-state index in [4.69, 9.17) is 0 Å². The Morgan fingerprint density at radius 2 is 1.86 bits per heavy atom. The maximum atomic E-state index is 4.41. The van der Waals surface area contributed by atoms with Gasteiger partial charge in [-0.05, 0) is 79.4 Å². The molecule has 3 fully saturated rings. The lowest BCUT2D eigenvalue weighted by atomic mass is 9.42. The highest BCUT2D eigenvalue weighted by molar-refractivity contribution is 5.15. The highest BCUT2D eigenvalue weighted by Gasteiger charge is 2.57. The second kappa shape index (κ2) is 5.67. The van der Waals surface area contributed by atoms with E-state index in [0.717, 1.165) is 29.6 Å². The molecular formula is C22H38. The molecule has 7 atom stereocenters. The second-order valence-corrected chi connectivity index (χ2v) is 9.60. The summed E-state index contributed by atoms with van der Waals surface area (Å²) in [5.41, 5.74) is 2.49. The van der Waals surface area contributed by atoms with Crippen LogP contribution in [0.2, 0.25) is 0 Å². The van der Waals surface area contributed by atoms with Gasteiger partial charge >= 0.3 is 0 Å². The Bertz CT molecular complexity index is 435. The smallest absolute Gasteiger partial charge is 0.00907 e. The van der Waals surface area contributed by atoms with Crippen molar-refractivity contribution in [1.29, 1.82) is 0 Å². The molecule has 3 rings (SSSR count). The number of allylic oxidation sites excluding steroid dienone is 1. The van der Waals surface area contributed by atoms with E-state index in [1.165, 1.54) is 56.9 Å². The van der Waals surface area contributed by atoms with Gasteiger partial charge in [-0.2, -0.15) is 0 Å². The van der Waals surface area contributed by atoms with Crippen molar-refractivity contribution in [3.8, 4) is 0 Å². The first-order chi connectivity index (χ1) is 10.3. The maximum Gasteiger partial charge on any atom is -0.00907 e. The van der Waals surface area contributed by atoms with E-state index < -0.39 is 0 Å². The molecule has 126 valence electrons. The third kappa shape index (κ3) is 2.23. The van der Waals surface area contributed by atoms with Gasteiger partial charge < -0.3 is 0 Å². The van der Waals surface area contributed by atoms with Crippen molar-refractivity contribution in [2.24, 2.45) is 40.4 Å². The molecule has 22 heavy (non-hydrogen) atoms. The average molecular weight is 303 g/mol. The fraction of sp³-hybridized carbons (Fsp3) is 0.909. The van der Waals surface area contributed by atoms with Crippen LogP contribution in [-0.4, -0.2) is 0 Å². The van der Waals surface area contributed by atoms with Crippen molar-refractivity contribution < 1.29 is 0 Å². The van der Waals surface area contributed by atoms with E-state index in [1.807, 2.05) is 0 Å². The second-order valence-electron chi connectivity index (χ2n) is 9.60. The standard InChI is InChI=1S/C22H38/c1-7-18-20-16(4)14-17-10-8-9-12-22(17,6)19(20)11-13-21(18,5)15(2)3/h16-20H,2,7-14H2,1,3-6H3/t16-,17?,18?,19?,20?,21-,22+/m1/s1. The zero-order chi connectivity index (χ0) is 16.1. The first-order valence-electron chi connectivity index (χ1n) is 10.0. The average Bonchev–Trinajstić information content (AvgIpc) is 2.48. The molecule has 0 spiro atoms. The molecule has 3 saturated carbocycles. The van der Waals surface area contributed by atoms with Gasteiger partial charge in [0.15, 0.2) is 0 Å². The van der Waals surface area contributed by atoms with Crippen molar-refractivity contribution >= 4 is 0 Å². The van der Waals surface area contributed by atoms with Gasteiger partial charge in [0, 0.05) is 0 Å². The fourth-order valence-corrected chi connectivity index (χ4v) is 7.27. The first kappa shape index (κ1) is 16.6. The van der Waals surface area contributed by atoms with Gasteiger partial charge in [-0.25, -0.2) is 0 Å². The summed E-state index contributed by atoms with van der Waals surface area (Å²) in [6.45, 7) is 16.9. The van der Waals surface area contributed by atoms with Gasteiger partial charge in [-0.1, -0.05) is 59.1 Å². The Hall–Kier alpha value is -0.260. The zero-order valence-electron chi connectivity index (χ0n) is 15.8. The summed E-state index contributed by atoms with van der Waals surface area (Å²) < 4.78 is 0. The maximum absolute atomic E-state index is 4.41. The van der Waals surface area contributed by atoms with E-state index in [-0.39, 0.29) is 0 Å². The minimum atomic E-state index is 0.391. The van der Waals surface area contributed by atoms with Crippen LogP contribution in [0, 0.1) is 40.4 Å². The summed E-state index contributed by atoms with van der Waals surface area (Å²) >= 11 is 0. The Labute approximate surface area is 139 Å². The SMILES string of the molecule is C=C(C)[C@@]1(C)CCC2C(C1CC)[C@H](C)CC1CCCC[C@@]12C. The van der Waals surface area contributed by atoms with Crippen molar-refractivity contribution in [2.75, 3.05) is 0 Å². The minimum absolute atomic E-state index is 0.391. The Balaban J connectivity index is 1.97. The van der Waals surface area contributed by atoms with E-state index in [2.05, 4.69) is 41.2 Å². The molecule has 0 aromatic rings. The van der Waals surface area contributed by atoms with Crippen molar-refractivity contribution in [3.05, 3.63) is 12.2 Å². The summed E-state index contributed by atoms with van der Waals surface area (Å²) in [6, 6.07) is 0. The molecule has 0 aromatic heterocycles. The Kier molecular flexibility index (Phi) is 4.28. The highest BCUT2D eigenvalue weighted by atomic mass is 14.6.